The van der Waals surface area contributed by atoms with Crippen molar-refractivity contribution in [1.82, 2.24) is 9.88 Å². The van der Waals surface area contributed by atoms with Gasteiger partial charge in [-0.15, -0.1) is 0 Å². The van der Waals surface area contributed by atoms with Crippen LogP contribution in [0.4, 0.5) is 18.3 Å². The minimum absolute atomic E-state index is 0.00519. The maximum atomic E-state index is 13.2. The molecule has 0 spiro atoms. The third-order valence-electron chi connectivity index (χ3n) is 4.52. The van der Waals surface area contributed by atoms with E-state index in [1.54, 1.807) is 0 Å². The first-order valence-electron chi connectivity index (χ1n) is 8.53. The van der Waals surface area contributed by atoms with Crippen molar-refractivity contribution >= 4 is 34.0 Å². The predicted octanol–water partition coefficient (Wildman–Crippen LogP) is 5.43. The summed E-state index contributed by atoms with van der Waals surface area (Å²) < 4.78 is 39.5. The van der Waals surface area contributed by atoms with Crippen LogP contribution in [-0.4, -0.2) is 28.4 Å². The molecule has 2 heterocycles. The fraction of sp³-hybridized carbons (Fsp3) is 0.444. The number of thiazole rings is 1. The van der Waals surface area contributed by atoms with Crippen molar-refractivity contribution in [2.75, 3.05) is 11.9 Å². The molecule has 146 valence electrons. The van der Waals surface area contributed by atoms with Crippen LogP contribution < -0.4 is 5.32 Å². The topological polar surface area (TPSA) is 45.2 Å². The minimum Gasteiger partial charge on any atom is -0.302 e. The molecule has 1 aliphatic heterocycles. The summed E-state index contributed by atoms with van der Waals surface area (Å²) >= 11 is 7.22. The number of amides is 1. The number of hydrogen-bond donors (Lipinski definition) is 1. The Morgan fingerprint density at radius 1 is 1.41 bits per heavy atom. The Bertz CT molecular complexity index is 853. The van der Waals surface area contributed by atoms with E-state index in [0.29, 0.717) is 29.0 Å². The Labute approximate surface area is 164 Å². The molecule has 27 heavy (non-hydrogen) atoms. The Morgan fingerprint density at radius 2 is 2.15 bits per heavy atom. The zero-order chi connectivity index (χ0) is 19.8. The van der Waals surface area contributed by atoms with E-state index in [2.05, 4.69) is 22.1 Å². The number of halogens is 4. The zero-order valence-corrected chi connectivity index (χ0v) is 16.4. The predicted molar refractivity (Wildman–Crippen MR) is 101 cm³/mol. The van der Waals surface area contributed by atoms with Gasteiger partial charge in [-0.3, -0.25) is 9.69 Å². The molecule has 1 N–H and O–H groups in total. The van der Waals surface area contributed by atoms with Gasteiger partial charge in [0.25, 0.3) is 0 Å². The van der Waals surface area contributed by atoms with Crippen molar-refractivity contribution in [3.8, 4) is 11.3 Å². The summed E-state index contributed by atoms with van der Waals surface area (Å²) in [6.45, 7) is 4.99. The quantitative estimate of drug-likeness (QED) is 0.721. The largest absolute Gasteiger partial charge is 0.416 e. The fourth-order valence-corrected chi connectivity index (χ4v) is 4.48. The van der Waals surface area contributed by atoms with E-state index >= 15 is 0 Å². The van der Waals surface area contributed by atoms with Crippen LogP contribution in [0, 0.1) is 0 Å². The molecular weight excluding hydrogens is 399 g/mol. The van der Waals surface area contributed by atoms with Gasteiger partial charge in [-0.2, -0.15) is 13.2 Å². The molecule has 3 rings (SSSR count). The van der Waals surface area contributed by atoms with Gasteiger partial charge in [-0.05, 0) is 44.5 Å². The number of carbonyl (C=O) groups is 1. The number of rotatable bonds is 4. The lowest BCUT2D eigenvalue weighted by Crippen LogP contribution is -2.25. The van der Waals surface area contributed by atoms with Crippen LogP contribution in [0.15, 0.2) is 18.2 Å². The number of alkyl halides is 3. The second-order valence-corrected chi connectivity index (χ2v) is 8.18. The Kier molecular flexibility index (Phi) is 5.79. The van der Waals surface area contributed by atoms with Crippen LogP contribution >= 0.6 is 22.9 Å². The summed E-state index contributed by atoms with van der Waals surface area (Å²) in [7, 11) is 0. The van der Waals surface area contributed by atoms with Gasteiger partial charge >= 0.3 is 6.18 Å². The summed E-state index contributed by atoms with van der Waals surface area (Å²) in [5.74, 6) is -0.279. The van der Waals surface area contributed by atoms with Gasteiger partial charge in [0, 0.05) is 35.0 Å². The molecule has 2 aromatic rings. The number of anilines is 1. The number of likely N-dealkylation sites (tertiary alicyclic amines) is 1. The second-order valence-electron chi connectivity index (χ2n) is 6.66. The van der Waals surface area contributed by atoms with E-state index in [-0.39, 0.29) is 10.9 Å². The minimum atomic E-state index is -4.50. The van der Waals surface area contributed by atoms with Gasteiger partial charge < -0.3 is 5.32 Å². The highest BCUT2D eigenvalue weighted by molar-refractivity contribution is 7.16. The average molecular weight is 418 g/mol. The Balaban J connectivity index is 2.03. The van der Waals surface area contributed by atoms with Crippen molar-refractivity contribution < 1.29 is 18.0 Å². The first-order chi connectivity index (χ1) is 12.6. The Morgan fingerprint density at radius 3 is 2.74 bits per heavy atom. The maximum absolute atomic E-state index is 13.2. The van der Waals surface area contributed by atoms with E-state index in [1.165, 1.54) is 24.3 Å². The molecule has 0 radical (unpaired) electrons. The van der Waals surface area contributed by atoms with E-state index in [9.17, 15) is 18.0 Å². The van der Waals surface area contributed by atoms with Crippen molar-refractivity contribution in [2.24, 2.45) is 0 Å². The van der Waals surface area contributed by atoms with E-state index in [4.69, 9.17) is 11.6 Å². The Hall–Kier alpha value is -1.64. The fourth-order valence-electron chi connectivity index (χ4n) is 3.19. The number of aromatic nitrogens is 1. The molecule has 1 amide bonds. The van der Waals surface area contributed by atoms with Gasteiger partial charge in [-0.1, -0.05) is 22.9 Å². The molecular formula is C18H19ClF3N3OS. The first kappa shape index (κ1) is 20.1. The van der Waals surface area contributed by atoms with E-state index < -0.39 is 11.7 Å². The third kappa shape index (κ3) is 4.80. The molecule has 4 nitrogen and oxygen atoms in total. The normalized spacial score (nSPS) is 18.1. The summed E-state index contributed by atoms with van der Waals surface area (Å²) in [5, 5.41) is 2.99. The van der Waals surface area contributed by atoms with Crippen LogP contribution in [-0.2, 0) is 17.5 Å². The lowest BCUT2D eigenvalue weighted by atomic mass is 10.1. The number of hydrogen-bond acceptors (Lipinski definition) is 4. The summed E-state index contributed by atoms with van der Waals surface area (Å²) in [5.41, 5.74) is -0.0973. The summed E-state index contributed by atoms with van der Waals surface area (Å²) in [6.07, 6.45) is -2.33. The summed E-state index contributed by atoms with van der Waals surface area (Å²) in [4.78, 5) is 18.8. The van der Waals surface area contributed by atoms with E-state index in [1.807, 2.05) is 0 Å². The third-order valence-corrected chi connectivity index (χ3v) is 5.69. The van der Waals surface area contributed by atoms with Crippen LogP contribution in [0.5, 0.6) is 0 Å². The number of benzene rings is 1. The van der Waals surface area contributed by atoms with Crippen molar-refractivity contribution in [3.63, 3.8) is 0 Å². The highest BCUT2D eigenvalue weighted by Crippen LogP contribution is 2.38. The van der Waals surface area contributed by atoms with Crippen molar-refractivity contribution in [1.29, 1.82) is 0 Å². The van der Waals surface area contributed by atoms with Crippen LogP contribution in [0.2, 0.25) is 5.02 Å². The van der Waals surface area contributed by atoms with Crippen molar-refractivity contribution in [3.05, 3.63) is 33.7 Å². The van der Waals surface area contributed by atoms with Gasteiger partial charge in [-0.25, -0.2) is 4.98 Å². The van der Waals surface area contributed by atoms with Crippen LogP contribution in [0.25, 0.3) is 11.3 Å². The highest BCUT2D eigenvalue weighted by Gasteiger charge is 2.32. The standard InChI is InChI=1S/C18H19ClF3N3OS/c1-10-4-3-5-25(10)9-15-16(24-17(27-15)23-11(2)26)12-6-13(18(20,21)22)8-14(19)7-12/h6-8,10H,3-5,9H2,1-2H3,(H,23,24,26)/t10-/m1/s1. The lowest BCUT2D eigenvalue weighted by molar-refractivity contribution is -0.137. The molecule has 1 aliphatic rings. The number of carbonyl (C=O) groups excluding carboxylic acids is 1. The van der Waals surface area contributed by atoms with Gasteiger partial charge in [0.2, 0.25) is 5.91 Å². The number of nitrogens with zero attached hydrogens (tertiary/aromatic N) is 2. The molecule has 1 aromatic heterocycles. The SMILES string of the molecule is CC(=O)Nc1nc(-c2cc(Cl)cc(C(F)(F)F)c2)c(CN2CCC[C@H]2C)s1. The highest BCUT2D eigenvalue weighted by atomic mass is 35.5. The second kappa shape index (κ2) is 7.77. The molecule has 0 unspecified atom stereocenters. The molecule has 9 heteroatoms. The lowest BCUT2D eigenvalue weighted by Gasteiger charge is -2.20. The van der Waals surface area contributed by atoms with Crippen LogP contribution in [0.1, 0.15) is 37.1 Å². The smallest absolute Gasteiger partial charge is 0.302 e. The molecule has 0 aliphatic carbocycles. The average Bonchev–Trinajstić information content (AvgIpc) is 3.12. The summed E-state index contributed by atoms with van der Waals surface area (Å²) in [6, 6.07) is 3.82. The molecule has 1 aromatic carbocycles. The molecule has 0 saturated carbocycles. The zero-order valence-electron chi connectivity index (χ0n) is 14.9. The van der Waals surface area contributed by atoms with Gasteiger partial charge in [0.05, 0.1) is 11.3 Å². The monoisotopic (exact) mass is 417 g/mol. The first-order valence-corrected chi connectivity index (χ1v) is 9.72. The van der Waals surface area contributed by atoms with Gasteiger partial charge in [0.15, 0.2) is 5.13 Å². The van der Waals surface area contributed by atoms with Crippen LogP contribution in [0.3, 0.4) is 0 Å². The molecule has 1 fully saturated rings. The molecule has 0 bridgehead atoms. The van der Waals surface area contributed by atoms with E-state index in [0.717, 1.165) is 36.4 Å². The maximum Gasteiger partial charge on any atom is 0.416 e. The number of nitrogens with one attached hydrogen (secondary N) is 1. The van der Waals surface area contributed by atoms with Gasteiger partial charge in [0.1, 0.15) is 0 Å². The molecule has 1 saturated heterocycles. The molecule has 1 atom stereocenters. The van der Waals surface area contributed by atoms with Crippen molar-refractivity contribution in [2.45, 2.75) is 45.5 Å².